The van der Waals surface area contributed by atoms with Gasteiger partial charge in [-0.25, -0.2) is 0 Å². The van der Waals surface area contributed by atoms with Gasteiger partial charge < -0.3 is 0 Å². The SMILES string of the molecule is CC1=CC(SC(F)(F)C(F)(F)C(F)(F)F)=CC(C)(c2ccccc2Cl)[CH]1. The van der Waals surface area contributed by atoms with Gasteiger partial charge in [-0.3, -0.25) is 0 Å². The minimum atomic E-state index is -6.37. The predicted molar refractivity (Wildman–Crippen MR) is 88.5 cm³/mol. The maximum absolute atomic E-state index is 13.7. The molecule has 1 unspecified atom stereocenters. The Hall–Kier alpha value is -1.15. The highest BCUT2D eigenvalue weighted by atomic mass is 35.5. The van der Waals surface area contributed by atoms with Crippen LogP contribution < -0.4 is 0 Å². The smallest absolute Gasteiger partial charge is 0.188 e. The van der Waals surface area contributed by atoms with Crippen molar-refractivity contribution >= 4 is 23.4 Å². The van der Waals surface area contributed by atoms with E-state index in [4.69, 9.17) is 11.6 Å². The van der Waals surface area contributed by atoms with Crippen molar-refractivity contribution in [1.82, 2.24) is 0 Å². The van der Waals surface area contributed by atoms with Crippen LogP contribution in [0.4, 0.5) is 30.7 Å². The highest BCUT2D eigenvalue weighted by molar-refractivity contribution is 8.04. The highest BCUT2D eigenvalue weighted by Crippen LogP contribution is 2.55. The Labute approximate surface area is 155 Å². The fourth-order valence-electron chi connectivity index (χ4n) is 2.61. The van der Waals surface area contributed by atoms with E-state index < -0.39 is 39.4 Å². The van der Waals surface area contributed by atoms with Crippen LogP contribution in [0.1, 0.15) is 19.4 Å². The summed E-state index contributed by atoms with van der Waals surface area (Å²) in [6, 6.07) is 6.49. The number of halogens is 8. The summed E-state index contributed by atoms with van der Waals surface area (Å²) in [7, 11) is 0. The first-order chi connectivity index (χ1) is 11.7. The quantitative estimate of drug-likeness (QED) is 0.468. The molecular weight excluding hydrogens is 405 g/mol. The van der Waals surface area contributed by atoms with E-state index in [1.54, 1.807) is 37.6 Å². The van der Waals surface area contributed by atoms with Gasteiger partial charge in [-0.2, -0.15) is 30.7 Å². The first kappa shape index (κ1) is 21.2. The summed E-state index contributed by atoms with van der Waals surface area (Å²) in [4.78, 5) is -0.402. The van der Waals surface area contributed by atoms with Gasteiger partial charge in [0.25, 0.3) is 0 Å². The highest BCUT2D eigenvalue weighted by Gasteiger charge is 2.73. The third-order valence-electron chi connectivity index (χ3n) is 3.76. The van der Waals surface area contributed by atoms with Gasteiger partial charge in [0, 0.05) is 21.8 Å². The Morgan fingerprint density at radius 1 is 1.00 bits per heavy atom. The van der Waals surface area contributed by atoms with Crippen molar-refractivity contribution in [2.24, 2.45) is 0 Å². The molecule has 143 valence electrons. The van der Waals surface area contributed by atoms with Crippen molar-refractivity contribution < 1.29 is 30.7 Å². The van der Waals surface area contributed by atoms with Crippen molar-refractivity contribution in [1.29, 1.82) is 0 Å². The van der Waals surface area contributed by atoms with E-state index in [9.17, 15) is 30.7 Å². The molecule has 0 amide bonds. The fourth-order valence-corrected chi connectivity index (χ4v) is 4.04. The van der Waals surface area contributed by atoms with Crippen LogP contribution in [0.2, 0.25) is 5.02 Å². The summed E-state index contributed by atoms with van der Waals surface area (Å²) in [5.74, 6) is -6.17. The molecule has 0 bridgehead atoms. The molecule has 9 heteroatoms. The van der Waals surface area contributed by atoms with Gasteiger partial charge in [-0.05, 0) is 36.4 Å². The molecule has 0 N–H and O–H groups in total. The maximum Gasteiger partial charge on any atom is 0.460 e. The molecule has 2 rings (SSSR count). The van der Waals surface area contributed by atoms with Gasteiger partial charge >= 0.3 is 17.4 Å². The number of hydrogen-bond acceptors (Lipinski definition) is 1. The average Bonchev–Trinajstić information content (AvgIpc) is 2.44. The molecule has 0 saturated carbocycles. The molecule has 1 atom stereocenters. The Morgan fingerprint density at radius 3 is 2.12 bits per heavy atom. The third-order valence-corrected chi connectivity index (χ3v) is 5.08. The van der Waals surface area contributed by atoms with Gasteiger partial charge in [0.1, 0.15) is 0 Å². The molecule has 0 aromatic heterocycles. The minimum Gasteiger partial charge on any atom is -0.188 e. The zero-order chi connectivity index (χ0) is 20.0. The van der Waals surface area contributed by atoms with E-state index in [-0.39, 0.29) is 0 Å². The van der Waals surface area contributed by atoms with E-state index in [1.807, 2.05) is 0 Å². The molecule has 0 heterocycles. The van der Waals surface area contributed by atoms with Gasteiger partial charge in [-0.1, -0.05) is 48.4 Å². The predicted octanol–water partition coefficient (Wildman–Crippen LogP) is 7.17. The summed E-state index contributed by atoms with van der Waals surface area (Å²) >= 11 is 5.30. The molecule has 0 aliphatic heterocycles. The monoisotopic (exact) mass is 417 g/mol. The largest absolute Gasteiger partial charge is 0.460 e. The van der Waals surface area contributed by atoms with Gasteiger partial charge in [-0.15, -0.1) is 0 Å². The van der Waals surface area contributed by atoms with Crippen LogP contribution in [0.3, 0.4) is 0 Å². The van der Waals surface area contributed by atoms with Crippen molar-refractivity contribution in [3.8, 4) is 0 Å². The number of rotatable bonds is 4. The standard InChI is InChI=1S/C17H13ClF7S/c1-10-7-11(26-17(24,25)15(19,20)16(21,22)23)9-14(2,8-10)12-5-3-4-6-13(12)18/h3-9H,1-2H3. The van der Waals surface area contributed by atoms with Crippen molar-refractivity contribution in [3.63, 3.8) is 0 Å². The number of alkyl halides is 7. The molecular formula is C17H13ClF7S. The first-order valence-electron chi connectivity index (χ1n) is 7.23. The number of benzene rings is 1. The number of thioether (sulfide) groups is 1. The molecule has 1 aromatic carbocycles. The Bertz CT molecular complexity index is 752. The normalized spacial score (nSPS) is 22.1. The van der Waals surface area contributed by atoms with Crippen LogP contribution in [0.5, 0.6) is 0 Å². The van der Waals surface area contributed by atoms with Crippen molar-refractivity contribution in [2.75, 3.05) is 0 Å². The van der Waals surface area contributed by atoms with E-state index in [1.165, 1.54) is 13.0 Å². The Balaban J connectivity index is 2.43. The van der Waals surface area contributed by atoms with Crippen LogP contribution >= 0.6 is 23.4 Å². The van der Waals surface area contributed by atoms with Crippen LogP contribution in [-0.4, -0.2) is 17.4 Å². The van der Waals surface area contributed by atoms with Crippen molar-refractivity contribution in [2.45, 2.75) is 36.6 Å². The van der Waals surface area contributed by atoms with Crippen LogP contribution in [0, 0.1) is 6.42 Å². The summed E-state index contributed by atoms with van der Waals surface area (Å²) < 4.78 is 90.8. The second-order valence-electron chi connectivity index (χ2n) is 6.03. The lowest BCUT2D eigenvalue weighted by molar-refractivity contribution is -0.330. The van der Waals surface area contributed by atoms with Gasteiger partial charge in [0.2, 0.25) is 0 Å². The van der Waals surface area contributed by atoms with E-state index >= 15 is 0 Å². The maximum atomic E-state index is 13.7. The summed E-state index contributed by atoms with van der Waals surface area (Å²) in [5.41, 5.74) is -0.0926. The number of hydrogen-bond donors (Lipinski definition) is 0. The van der Waals surface area contributed by atoms with Gasteiger partial charge in [0.15, 0.2) is 0 Å². The van der Waals surface area contributed by atoms with Crippen LogP contribution in [-0.2, 0) is 5.41 Å². The third kappa shape index (κ3) is 3.91. The summed E-state index contributed by atoms with van der Waals surface area (Å²) in [6.45, 7) is 3.13. The molecule has 1 aliphatic rings. The fraction of sp³-hybridized carbons (Fsp3) is 0.353. The molecule has 26 heavy (non-hydrogen) atoms. The van der Waals surface area contributed by atoms with Crippen LogP contribution in [0.15, 0.2) is 46.9 Å². The van der Waals surface area contributed by atoms with E-state index in [0.717, 1.165) is 6.08 Å². The Morgan fingerprint density at radius 2 is 1.58 bits per heavy atom. The average molecular weight is 418 g/mol. The molecule has 0 saturated heterocycles. The molecule has 0 fully saturated rings. The zero-order valence-corrected chi connectivity index (χ0v) is 15.0. The molecule has 0 nitrogen and oxygen atoms in total. The topological polar surface area (TPSA) is 0 Å². The van der Waals surface area contributed by atoms with Crippen LogP contribution in [0.25, 0.3) is 0 Å². The zero-order valence-electron chi connectivity index (χ0n) is 13.5. The second-order valence-corrected chi connectivity index (χ2v) is 7.63. The number of allylic oxidation sites excluding steroid dienone is 3. The lowest BCUT2D eigenvalue weighted by Crippen LogP contribution is -2.50. The minimum absolute atomic E-state index is 0.314. The molecule has 1 aromatic rings. The van der Waals surface area contributed by atoms with E-state index in [2.05, 4.69) is 0 Å². The second kappa shape index (κ2) is 6.78. The summed E-state index contributed by atoms with van der Waals surface area (Å²) in [5, 5.41) is -5.05. The molecule has 0 spiro atoms. The lowest BCUT2D eigenvalue weighted by atomic mass is 9.75. The molecule has 1 radical (unpaired) electrons. The summed E-state index contributed by atoms with van der Waals surface area (Å²) in [6.07, 6.45) is -2.37. The van der Waals surface area contributed by atoms with E-state index in [0.29, 0.717) is 16.2 Å². The Kier molecular flexibility index (Phi) is 5.52. The van der Waals surface area contributed by atoms with Gasteiger partial charge in [0.05, 0.1) is 0 Å². The molecule has 1 aliphatic carbocycles. The first-order valence-corrected chi connectivity index (χ1v) is 8.42. The van der Waals surface area contributed by atoms with Crippen molar-refractivity contribution in [3.05, 3.63) is 63.9 Å². The lowest BCUT2D eigenvalue weighted by Gasteiger charge is -2.33.